The number of fused-ring (bicyclic) bond motifs is 1. The van der Waals surface area contributed by atoms with E-state index in [1.54, 1.807) is 7.11 Å². The Hall–Kier alpha value is -1.71. The van der Waals surface area contributed by atoms with Gasteiger partial charge in [-0.1, -0.05) is 6.07 Å². The molecule has 0 bridgehead atoms. The maximum atomic E-state index is 10.9. The second-order valence-electron chi connectivity index (χ2n) is 4.02. The van der Waals surface area contributed by atoms with Crippen molar-refractivity contribution in [3.63, 3.8) is 0 Å². The maximum absolute atomic E-state index is 10.9. The number of amides is 2. The van der Waals surface area contributed by atoms with Crippen LogP contribution in [0.15, 0.2) is 18.2 Å². The number of methoxy groups -OCH3 is 1. The third-order valence-electron chi connectivity index (χ3n) is 2.98. The molecule has 2 rings (SSSR count). The molecule has 86 valence electrons. The highest BCUT2D eigenvalue weighted by Gasteiger charge is 2.21. The predicted octanol–water partition coefficient (Wildman–Crippen LogP) is 1.74. The van der Waals surface area contributed by atoms with Crippen LogP contribution in [0, 0.1) is 0 Å². The fourth-order valence-corrected chi connectivity index (χ4v) is 2.24. The highest BCUT2D eigenvalue weighted by atomic mass is 16.5. The molecule has 0 aromatic heterocycles. The summed E-state index contributed by atoms with van der Waals surface area (Å²) in [5.74, 6) is 0.860. The van der Waals surface area contributed by atoms with Gasteiger partial charge in [0.2, 0.25) is 0 Å². The Kier molecular flexibility index (Phi) is 2.99. The lowest BCUT2D eigenvalue weighted by Gasteiger charge is -2.26. The van der Waals surface area contributed by atoms with Crippen molar-refractivity contribution in [1.29, 1.82) is 0 Å². The predicted molar refractivity (Wildman–Crippen MR) is 61.4 cm³/mol. The number of nitrogens with two attached hydrogens (primary N) is 1. The number of nitrogens with one attached hydrogen (secondary N) is 1. The molecule has 4 nitrogen and oxygen atoms in total. The zero-order valence-electron chi connectivity index (χ0n) is 9.32. The molecule has 0 heterocycles. The standard InChI is InChI=1S/C12H16N2O2/c1-16-9-5-6-10-8(7-9)3-2-4-11(10)14-12(13)15/h5-7,11H,2-4H2,1H3,(H3,13,14,15). The normalized spacial score (nSPS) is 18.7. The summed E-state index contributed by atoms with van der Waals surface area (Å²) in [4.78, 5) is 10.9. The number of primary amides is 1. The third-order valence-corrected chi connectivity index (χ3v) is 2.98. The molecule has 1 aliphatic carbocycles. The number of hydrogen-bond acceptors (Lipinski definition) is 2. The maximum Gasteiger partial charge on any atom is 0.312 e. The van der Waals surface area contributed by atoms with Gasteiger partial charge in [-0.15, -0.1) is 0 Å². The lowest BCUT2D eigenvalue weighted by Crippen LogP contribution is -2.34. The number of urea groups is 1. The van der Waals surface area contributed by atoms with E-state index in [0.717, 1.165) is 30.6 Å². The van der Waals surface area contributed by atoms with E-state index >= 15 is 0 Å². The van der Waals surface area contributed by atoms with Gasteiger partial charge in [-0.3, -0.25) is 0 Å². The minimum absolute atomic E-state index is 0.0483. The molecule has 0 radical (unpaired) electrons. The zero-order valence-corrected chi connectivity index (χ0v) is 9.32. The average Bonchev–Trinajstić information content (AvgIpc) is 2.28. The number of benzene rings is 1. The second-order valence-corrected chi connectivity index (χ2v) is 4.02. The van der Waals surface area contributed by atoms with Gasteiger partial charge in [-0.05, 0) is 42.5 Å². The summed E-state index contributed by atoms with van der Waals surface area (Å²) in [6.07, 6.45) is 3.04. The molecular weight excluding hydrogens is 204 g/mol. The van der Waals surface area contributed by atoms with E-state index in [1.165, 1.54) is 5.56 Å². The minimum atomic E-state index is -0.464. The Morgan fingerprint density at radius 1 is 1.56 bits per heavy atom. The zero-order chi connectivity index (χ0) is 11.5. The molecule has 1 atom stereocenters. The SMILES string of the molecule is COc1ccc2c(c1)CCCC2NC(N)=O. The van der Waals surface area contributed by atoms with Gasteiger partial charge in [0.1, 0.15) is 5.75 Å². The van der Waals surface area contributed by atoms with Crippen LogP contribution in [0.4, 0.5) is 4.79 Å². The van der Waals surface area contributed by atoms with E-state index in [-0.39, 0.29) is 6.04 Å². The van der Waals surface area contributed by atoms with Gasteiger partial charge in [0.15, 0.2) is 0 Å². The quantitative estimate of drug-likeness (QED) is 0.797. The molecule has 16 heavy (non-hydrogen) atoms. The Bertz CT molecular complexity index is 404. The van der Waals surface area contributed by atoms with Crippen molar-refractivity contribution in [3.05, 3.63) is 29.3 Å². The molecule has 0 saturated carbocycles. The number of rotatable bonds is 2. The first-order valence-corrected chi connectivity index (χ1v) is 5.43. The lowest BCUT2D eigenvalue weighted by atomic mass is 9.87. The van der Waals surface area contributed by atoms with Gasteiger partial charge in [0.05, 0.1) is 13.2 Å². The molecule has 0 spiro atoms. The van der Waals surface area contributed by atoms with Crippen molar-refractivity contribution in [1.82, 2.24) is 5.32 Å². The fraction of sp³-hybridized carbons (Fsp3) is 0.417. The Balaban J connectivity index is 2.28. The van der Waals surface area contributed by atoms with Gasteiger partial charge in [-0.2, -0.15) is 0 Å². The van der Waals surface area contributed by atoms with Crippen molar-refractivity contribution in [2.24, 2.45) is 5.73 Å². The van der Waals surface area contributed by atoms with Crippen LogP contribution in [0.2, 0.25) is 0 Å². The van der Waals surface area contributed by atoms with Crippen molar-refractivity contribution in [3.8, 4) is 5.75 Å². The summed E-state index contributed by atoms with van der Waals surface area (Å²) in [6, 6.07) is 5.54. The molecule has 1 unspecified atom stereocenters. The number of hydrogen-bond donors (Lipinski definition) is 2. The van der Waals surface area contributed by atoms with E-state index in [1.807, 2.05) is 18.2 Å². The van der Waals surface area contributed by atoms with E-state index < -0.39 is 6.03 Å². The van der Waals surface area contributed by atoms with Crippen LogP contribution in [-0.4, -0.2) is 13.1 Å². The van der Waals surface area contributed by atoms with Gasteiger partial charge >= 0.3 is 6.03 Å². The smallest absolute Gasteiger partial charge is 0.312 e. The number of aryl methyl sites for hydroxylation is 1. The molecule has 1 aromatic carbocycles. The highest BCUT2D eigenvalue weighted by molar-refractivity contribution is 5.72. The summed E-state index contributed by atoms with van der Waals surface area (Å²) in [5.41, 5.74) is 7.56. The van der Waals surface area contributed by atoms with Gasteiger partial charge in [0, 0.05) is 0 Å². The topological polar surface area (TPSA) is 64.3 Å². The van der Waals surface area contributed by atoms with Crippen LogP contribution in [0.25, 0.3) is 0 Å². The van der Waals surface area contributed by atoms with Crippen LogP contribution in [-0.2, 0) is 6.42 Å². The van der Waals surface area contributed by atoms with Crippen molar-refractivity contribution >= 4 is 6.03 Å². The summed E-state index contributed by atoms with van der Waals surface area (Å²) in [7, 11) is 1.66. The molecule has 2 amide bonds. The number of ether oxygens (including phenoxy) is 1. The van der Waals surface area contributed by atoms with Gasteiger partial charge in [0.25, 0.3) is 0 Å². The first kappa shape index (κ1) is 10.8. The largest absolute Gasteiger partial charge is 0.497 e. The molecule has 0 aliphatic heterocycles. The van der Waals surface area contributed by atoms with Crippen LogP contribution >= 0.6 is 0 Å². The summed E-state index contributed by atoms with van der Waals surface area (Å²) < 4.78 is 5.18. The third kappa shape index (κ3) is 2.10. The second kappa shape index (κ2) is 4.43. The number of carbonyl (C=O) groups is 1. The molecule has 3 N–H and O–H groups in total. The monoisotopic (exact) mass is 220 g/mol. The average molecular weight is 220 g/mol. The molecule has 1 aromatic rings. The first-order valence-electron chi connectivity index (χ1n) is 5.43. The van der Waals surface area contributed by atoms with Crippen molar-refractivity contribution in [2.45, 2.75) is 25.3 Å². The molecule has 0 saturated heterocycles. The summed E-state index contributed by atoms with van der Waals surface area (Å²) >= 11 is 0. The Morgan fingerprint density at radius 2 is 2.38 bits per heavy atom. The van der Waals surface area contributed by atoms with Crippen LogP contribution in [0.3, 0.4) is 0 Å². The van der Waals surface area contributed by atoms with E-state index in [2.05, 4.69) is 5.32 Å². The van der Waals surface area contributed by atoms with Crippen LogP contribution in [0.1, 0.15) is 30.0 Å². The van der Waals surface area contributed by atoms with Crippen molar-refractivity contribution < 1.29 is 9.53 Å². The first-order chi connectivity index (χ1) is 7.70. The van der Waals surface area contributed by atoms with Gasteiger partial charge in [-0.25, -0.2) is 4.79 Å². The van der Waals surface area contributed by atoms with Crippen molar-refractivity contribution in [2.75, 3.05) is 7.11 Å². The molecular formula is C12H16N2O2. The fourth-order valence-electron chi connectivity index (χ4n) is 2.24. The molecule has 4 heteroatoms. The van der Waals surface area contributed by atoms with E-state index in [0.29, 0.717) is 0 Å². The molecule has 0 fully saturated rings. The van der Waals surface area contributed by atoms with Crippen LogP contribution in [0.5, 0.6) is 5.75 Å². The minimum Gasteiger partial charge on any atom is -0.497 e. The lowest BCUT2D eigenvalue weighted by molar-refractivity contribution is 0.244. The Labute approximate surface area is 94.8 Å². The highest BCUT2D eigenvalue weighted by Crippen LogP contribution is 2.31. The molecule has 1 aliphatic rings. The summed E-state index contributed by atoms with van der Waals surface area (Å²) in [5, 5.41) is 2.77. The summed E-state index contributed by atoms with van der Waals surface area (Å²) in [6.45, 7) is 0. The van der Waals surface area contributed by atoms with E-state index in [9.17, 15) is 4.79 Å². The van der Waals surface area contributed by atoms with Gasteiger partial charge < -0.3 is 15.8 Å². The van der Waals surface area contributed by atoms with Crippen LogP contribution < -0.4 is 15.8 Å². The van der Waals surface area contributed by atoms with E-state index in [4.69, 9.17) is 10.5 Å². The Morgan fingerprint density at radius 3 is 3.06 bits per heavy atom. The number of carbonyl (C=O) groups excluding carboxylic acids is 1.